The Bertz CT molecular complexity index is 138. The fraction of sp³-hybridized carbons (Fsp3) is 0.875. The van der Waals surface area contributed by atoms with Crippen LogP contribution in [0.2, 0.25) is 0 Å². The molecule has 0 aliphatic heterocycles. The Hall–Kier alpha value is -0.610. The first-order valence-corrected chi connectivity index (χ1v) is 4.08. The number of aliphatic carboxylic acids is 1. The number of hydrogen-bond acceptors (Lipinski definition) is 3. The number of rotatable bonds is 6. The lowest BCUT2D eigenvalue weighted by molar-refractivity contribution is -0.153. The third-order valence-electron chi connectivity index (χ3n) is 2.08. The van der Waals surface area contributed by atoms with E-state index in [4.69, 9.17) is 15.3 Å². The number of carboxylic acids is 1. The number of aliphatic hydroxyl groups excluding tert-OH is 2. The maximum Gasteiger partial charge on any atom is 0.312 e. The van der Waals surface area contributed by atoms with E-state index in [0.29, 0.717) is 12.8 Å². The highest BCUT2D eigenvalue weighted by Crippen LogP contribution is 2.27. The summed E-state index contributed by atoms with van der Waals surface area (Å²) in [6.07, 6.45) is 1.21. The molecule has 4 nitrogen and oxygen atoms in total. The molecule has 1 unspecified atom stereocenters. The van der Waals surface area contributed by atoms with Crippen LogP contribution in [0.4, 0.5) is 0 Å². The minimum Gasteiger partial charge on any atom is -0.481 e. The summed E-state index contributed by atoms with van der Waals surface area (Å²) in [4.78, 5) is 10.8. The van der Waals surface area contributed by atoms with Crippen molar-refractivity contribution in [2.75, 3.05) is 13.2 Å². The smallest absolute Gasteiger partial charge is 0.312 e. The zero-order valence-electron chi connectivity index (χ0n) is 7.29. The second kappa shape index (κ2) is 5.11. The molecule has 72 valence electrons. The number of aliphatic hydroxyl groups is 2. The molecule has 0 amide bonds. The Morgan fingerprint density at radius 2 is 1.92 bits per heavy atom. The van der Waals surface area contributed by atoms with Gasteiger partial charge in [-0.2, -0.15) is 0 Å². The lowest BCUT2D eigenvalue weighted by atomic mass is 9.81. The highest BCUT2D eigenvalue weighted by atomic mass is 16.4. The SMILES string of the molecule is CCCC(CO)(CCO)C(=O)O. The molecule has 0 fully saturated rings. The highest BCUT2D eigenvalue weighted by molar-refractivity contribution is 5.74. The molecule has 0 bridgehead atoms. The van der Waals surface area contributed by atoms with Crippen molar-refractivity contribution in [3.8, 4) is 0 Å². The van der Waals surface area contributed by atoms with Crippen LogP contribution < -0.4 is 0 Å². The van der Waals surface area contributed by atoms with Crippen LogP contribution in [-0.4, -0.2) is 34.5 Å². The molecule has 0 spiro atoms. The van der Waals surface area contributed by atoms with Crippen molar-refractivity contribution >= 4 is 5.97 Å². The molecule has 0 aliphatic carbocycles. The normalized spacial score (nSPS) is 15.6. The quantitative estimate of drug-likeness (QED) is 0.541. The van der Waals surface area contributed by atoms with Crippen LogP contribution in [-0.2, 0) is 4.79 Å². The van der Waals surface area contributed by atoms with Gasteiger partial charge in [0.1, 0.15) is 0 Å². The molecule has 0 aromatic rings. The van der Waals surface area contributed by atoms with Gasteiger partial charge in [0.25, 0.3) is 0 Å². The lowest BCUT2D eigenvalue weighted by Crippen LogP contribution is -2.35. The van der Waals surface area contributed by atoms with E-state index in [2.05, 4.69) is 0 Å². The Kier molecular flexibility index (Phi) is 4.85. The summed E-state index contributed by atoms with van der Waals surface area (Å²) in [7, 11) is 0. The van der Waals surface area contributed by atoms with Crippen molar-refractivity contribution in [2.24, 2.45) is 5.41 Å². The van der Waals surface area contributed by atoms with Gasteiger partial charge < -0.3 is 15.3 Å². The summed E-state index contributed by atoms with van der Waals surface area (Å²) in [5, 5.41) is 26.4. The number of hydrogen-bond donors (Lipinski definition) is 3. The Labute approximate surface area is 71.8 Å². The van der Waals surface area contributed by atoms with Crippen molar-refractivity contribution in [1.82, 2.24) is 0 Å². The summed E-state index contributed by atoms with van der Waals surface area (Å²) < 4.78 is 0. The van der Waals surface area contributed by atoms with Gasteiger partial charge in [-0.15, -0.1) is 0 Å². The molecule has 0 saturated heterocycles. The molecule has 12 heavy (non-hydrogen) atoms. The maximum absolute atomic E-state index is 10.8. The van der Waals surface area contributed by atoms with Gasteiger partial charge in [-0.1, -0.05) is 13.3 Å². The van der Waals surface area contributed by atoms with Crippen LogP contribution in [0, 0.1) is 5.41 Å². The molecule has 4 heteroatoms. The van der Waals surface area contributed by atoms with E-state index >= 15 is 0 Å². The van der Waals surface area contributed by atoms with Crippen LogP contribution in [0.15, 0.2) is 0 Å². The summed E-state index contributed by atoms with van der Waals surface area (Å²) in [6, 6.07) is 0. The van der Waals surface area contributed by atoms with Crippen molar-refractivity contribution < 1.29 is 20.1 Å². The average molecular weight is 176 g/mol. The summed E-state index contributed by atoms with van der Waals surface area (Å²) >= 11 is 0. The first kappa shape index (κ1) is 11.4. The first-order chi connectivity index (χ1) is 5.63. The zero-order chi connectivity index (χ0) is 9.61. The molecule has 0 radical (unpaired) electrons. The summed E-state index contributed by atoms with van der Waals surface area (Å²) in [5.41, 5.74) is -1.14. The van der Waals surface area contributed by atoms with Gasteiger partial charge in [0.05, 0.1) is 12.0 Å². The minimum absolute atomic E-state index is 0.118. The van der Waals surface area contributed by atoms with Crippen LogP contribution in [0.25, 0.3) is 0 Å². The Morgan fingerprint density at radius 3 is 2.17 bits per heavy atom. The number of carboxylic acid groups (broad SMARTS) is 1. The van der Waals surface area contributed by atoms with Crippen molar-refractivity contribution in [2.45, 2.75) is 26.2 Å². The molecular weight excluding hydrogens is 160 g/mol. The van der Waals surface area contributed by atoms with E-state index in [1.807, 2.05) is 6.92 Å². The van der Waals surface area contributed by atoms with E-state index in [1.165, 1.54) is 0 Å². The van der Waals surface area contributed by atoms with Gasteiger partial charge in [0.15, 0.2) is 0 Å². The molecule has 3 N–H and O–H groups in total. The fourth-order valence-corrected chi connectivity index (χ4v) is 1.26. The van der Waals surface area contributed by atoms with Gasteiger partial charge in [-0.25, -0.2) is 0 Å². The molecule has 0 heterocycles. The van der Waals surface area contributed by atoms with Crippen molar-refractivity contribution in [3.63, 3.8) is 0 Å². The standard InChI is InChI=1S/C8H16O4/c1-2-3-8(6-10,4-5-9)7(11)12/h9-10H,2-6H2,1H3,(H,11,12). The van der Waals surface area contributed by atoms with Crippen LogP contribution in [0.3, 0.4) is 0 Å². The zero-order valence-corrected chi connectivity index (χ0v) is 7.29. The van der Waals surface area contributed by atoms with E-state index in [-0.39, 0.29) is 13.0 Å². The largest absolute Gasteiger partial charge is 0.481 e. The number of carbonyl (C=O) groups is 1. The molecule has 0 saturated carbocycles. The van der Waals surface area contributed by atoms with Gasteiger partial charge in [0.2, 0.25) is 0 Å². The second-order valence-electron chi connectivity index (χ2n) is 2.97. The lowest BCUT2D eigenvalue weighted by Gasteiger charge is -2.25. The topological polar surface area (TPSA) is 77.8 Å². The third kappa shape index (κ3) is 2.46. The molecule has 0 rings (SSSR count). The van der Waals surface area contributed by atoms with E-state index < -0.39 is 18.0 Å². The monoisotopic (exact) mass is 176 g/mol. The Balaban J connectivity index is 4.39. The molecule has 0 aromatic heterocycles. The third-order valence-corrected chi connectivity index (χ3v) is 2.08. The van der Waals surface area contributed by atoms with Gasteiger partial charge >= 0.3 is 5.97 Å². The van der Waals surface area contributed by atoms with Crippen LogP contribution in [0.5, 0.6) is 0 Å². The molecule has 0 aliphatic rings. The van der Waals surface area contributed by atoms with E-state index in [1.54, 1.807) is 0 Å². The predicted octanol–water partition coefficient (Wildman–Crippen LogP) is 0.232. The fourth-order valence-electron chi connectivity index (χ4n) is 1.26. The second-order valence-corrected chi connectivity index (χ2v) is 2.97. The van der Waals surface area contributed by atoms with Gasteiger partial charge in [-0.05, 0) is 12.8 Å². The first-order valence-electron chi connectivity index (χ1n) is 4.08. The van der Waals surface area contributed by atoms with Gasteiger partial charge in [-0.3, -0.25) is 4.79 Å². The molecule has 1 atom stereocenters. The van der Waals surface area contributed by atoms with Crippen molar-refractivity contribution in [3.05, 3.63) is 0 Å². The molecular formula is C8H16O4. The van der Waals surface area contributed by atoms with Crippen LogP contribution in [0.1, 0.15) is 26.2 Å². The maximum atomic E-state index is 10.8. The van der Waals surface area contributed by atoms with Gasteiger partial charge in [0, 0.05) is 6.61 Å². The van der Waals surface area contributed by atoms with E-state index in [9.17, 15) is 4.79 Å². The van der Waals surface area contributed by atoms with E-state index in [0.717, 1.165) is 0 Å². The summed E-state index contributed by atoms with van der Waals surface area (Å²) in [6.45, 7) is 1.24. The average Bonchev–Trinajstić information content (AvgIpc) is 2.03. The molecule has 0 aromatic carbocycles. The minimum atomic E-state index is -1.14. The van der Waals surface area contributed by atoms with Crippen LogP contribution >= 0.6 is 0 Å². The highest BCUT2D eigenvalue weighted by Gasteiger charge is 2.36. The van der Waals surface area contributed by atoms with Crippen molar-refractivity contribution in [1.29, 1.82) is 0 Å². The summed E-state index contributed by atoms with van der Waals surface area (Å²) in [5.74, 6) is -1.03. The predicted molar refractivity (Wildman–Crippen MR) is 43.8 cm³/mol. The Morgan fingerprint density at radius 1 is 1.33 bits per heavy atom.